The Morgan fingerprint density at radius 2 is 2.57 bits per heavy atom. The Labute approximate surface area is 50.6 Å². The van der Waals surface area contributed by atoms with Gasteiger partial charge < -0.3 is 0 Å². The summed E-state index contributed by atoms with van der Waals surface area (Å²) in [6, 6.07) is 0. The molecule has 1 nitrogen and oxygen atoms in total. The molecule has 7 heavy (non-hydrogen) atoms. The molecule has 0 N–H and O–H groups in total. The van der Waals surface area contributed by atoms with Crippen LogP contribution in [0.1, 0.15) is 0 Å². The van der Waals surface area contributed by atoms with E-state index in [0.29, 0.717) is 0 Å². The van der Waals surface area contributed by atoms with E-state index in [9.17, 15) is 0 Å². The maximum Gasteiger partial charge on any atom is 0.130 e. The van der Waals surface area contributed by atoms with Crippen molar-refractivity contribution in [1.82, 2.24) is 0 Å². The Balaban J connectivity index is 2.77. The van der Waals surface area contributed by atoms with Crippen molar-refractivity contribution in [2.45, 2.75) is 4.95 Å². The summed E-state index contributed by atoms with van der Waals surface area (Å²) in [6.45, 7) is 0. The molecule has 1 atom stereocenters. The van der Waals surface area contributed by atoms with Crippen LogP contribution in [0.3, 0.4) is 0 Å². The summed E-state index contributed by atoms with van der Waals surface area (Å²) in [5.41, 5.74) is 2.89. The van der Waals surface area contributed by atoms with Crippen molar-refractivity contribution >= 4 is 22.1 Å². The van der Waals surface area contributed by atoms with Gasteiger partial charge in [0.25, 0.3) is 0 Å². The van der Waals surface area contributed by atoms with E-state index in [0.717, 1.165) is 0 Å². The Bertz CT molecular complexity index is 142. The van der Waals surface area contributed by atoms with Crippen molar-refractivity contribution in [3.05, 3.63) is 17.9 Å². The van der Waals surface area contributed by atoms with E-state index in [4.69, 9.17) is 0 Å². The number of rotatable bonds is 0. The minimum absolute atomic E-state index is 0.150. The van der Waals surface area contributed by atoms with E-state index in [-0.39, 0.29) is 4.95 Å². The average Bonchev–Trinajstić information content (AvgIpc) is 1.69. The summed E-state index contributed by atoms with van der Waals surface area (Å²) in [5, 5.41) is 0. The summed E-state index contributed by atoms with van der Waals surface area (Å²) in [6.07, 6.45) is 5.34. The minimum atomic E-state index is 0.150. The molecule has 0 aromatic rings. The van der Waals surface area contributed by atoms with Gasteiger partial charge in [-0.15, -0.1) is 5.73 Å². The predicted molar refractivity (Wildman–Crippen MR) is 33.9 cm³/mol. The molecule has 0 aromatic carbocycles. The zero-order chi connectivity index (χ0) is 5.11. The first kappa shape index (κ1) is 4.82. The fourth-order valence-corrected chi connectivity index (χ4v) is 0.635. The molecule has 0 saturated heterocycles. The van der Waals surface area contributed by atoms with Gasteiger partial charge in [-0.25, -0.2) is 0 Å². The zero-order valence-corrected chi connectivity index (χ0v) is 5.22. The highest BCUT2D eigenvalue weighted by atomic mass is 79.9. The number of hydrogen-bond acceptors (Lipinski definition) is 1. The molecule has 0 aromatic heterocycles. The lowest BCUT2D eigenvalue weighted by Gasteiger charge is -1.92. The van der Waals surface area contributed by atoms with E-state index in [1.807, 2.05) is 6.08 Å². The molecule has 1 heterocycles. The van der Waals surface area contributed by atoms with Gasteiger partial charge in [-0.3, -0.25) is 4.99 Å². The second-order valence-electron chi connectivity index (χ2n) is 1.17. The molecule has 0 spiro atoms. The lowest BCUT2D eigenvalue weighted by Crippen LogP contribution is -1.87. The lowest BCUT2D eigenvalue weighted by atomic mass is 10.5. The van der Waals surface area contributed by atoms with Crippen LogP contribution in [-0.2, 0) is 0 Å². The summed E-state index contributed by atoms with van der Waals surface area (Å²) in [4.78, 5) is 4.10. The molecule has 1 aliphatic rings. The van der Waals surface area contributed by atoms with Crippen LogP contribution in [0.2, 0.25) is 0 Å². The Morgan fingerprint density at radius 1 is 1.71 bits per heavy atom. The smallest absolute Gasteiger partial charge is 0.130 e. The van der Waals surface area contributed by atoms with Crippen molar-refractivity contribution < 1.29 is 0 Å². The van der Waals surface area contributed by atoms with Gasteiger partial charge in [-0.1, -0.05) is 15.9 Å². The molecular formula is C5H4BrN. The summed E-state index contributed by atoms with van der Waals surface area (Å²) in [7, 11) is 0. The highest BCUT2D eigenvalue weighted by molar-refractivity contribution is 9.09. The van der Waals surface area contributed by atoms with Crippen LogP contribution in [0, 0.1) is 0 Å². The van der Waals surface area contributed by atoms with E-state index in [1.54, 1.807) is 12.3 Å². The Kier molecular flexibility index (Phi) is 1.45. The molecule has 0 radical (unpaired) electrons. The topological polar surface area (TPSA) is 12.4 Å². The Morgan fingerprint density at radius 3 is 2.86 bits per heavy atom. The van der Waals surface area contributed by atoms with Gasteiger partial charge in [-0.05, 0) is 12.2 Å². The number of alkyl halides is 1. The lowest BCUT2D eigenvalue weighted by molar-refractivity contribution is 1.19. The van der Waals surface area contributed by atoms with E-state index >= 15 is 0 Å². The standard InChI is InChI=1S/C5H4BrN/c6-5-3-1-2-4-7-5/h2-5H. The molecule has 2 heteroatoms. The van der Waals surface area contributed by atoms with Crippen LogP contribution in [0.4, 0.5) is 0 Å². The third-order valence-corrected chi connectivity index (χ3v) is 1.13. The van der Waals surface area contributed by atoms with Crippen LogP contribution < -0.4 is 0 Å². The zero-order valence-electron chi connectivity index (χ0n) is 3.63. The molecule has 36 valence electrons. The average molecular weight is 158 g/mol. The van der Waals surface area contributed by atoms with E-state index in [2.05, 4.69) is 26.7 Å². The number of halogens is 1. The third-order valence-electron chi connectivity index (χ3n) is 0.633. The normalized spacial score (nSPS) is 26.1. The van der Waals surface area contributed by atoms with Gasteiger partial charge in [0.15, 0.2) is 0 Å². The molecular weight excluding hydrogens is 154 g/mol. The van der Waals surface area contributed by atoms with Gasteiger partial charge >= 0.3 is 0 Å². The Hall–Kier alpha value is -0.330. The van der Waals surface area contributed by atoms with Crippen molar-refractivity contribution in [3.8, 4) is 0 Å². The molecule has 0 bridgehead atoms. The second-order valence-corrected chi connectivity index (χ2v) is 2.11. The van der Waals surface area contributed by atoms with Crippen molar-refractivity contribution in [1.29, 1.82) is 0 Å². The first-order chi connectivity index (χ1) is 3.39. The van der Waals surface area contributed by atoms with Crippen molar-refractivity contribution in [3.63, 3.8) is 0 Å². The van der Waals surface area contributed by atoms with Crippen LogP contribution in [0.15, 0.2) is 22.9 Å². The second kappa shape index (κ2) is 2.10. The third kappa shape index (κ3) is 1.30. The molecule has 0 fully saturated rings. The summed E-state index contributed by atoms with van der Waals surface area (Å²) < 4.78 is 0. The van der Waals surface area contributed by atoms with Gasteiger partial charge in [0.05, 0.1) is 0 Å². The van der Waals surface area contributed by atoms with Gasteiger partial charge in [0.2, 0.25) is 0 Å². The highest BCUT2D eigenvalue weighted by Crippen LogP contribution is 2.02. The highest BCUT2D eigenvalue weighted by Gasteiger charge is 1.90. The molecule has 1 rings (SSSR count). The first-order valence-electron chi connectivity index (χ1n) is 1.98. The van der Waals surface area contributed by atoms with Gasteiger partial charge in [-0.2, -0.15) is 0 Å². The maximum absolute atomic E-state index is 3.95. The number of hydrogen-bond donors (Lipinski definition) is 0. The monoisotopic (exact) mass is 157 g/mol. The van der Waals surface area contributed by atoms with E-state index in [1.165, 1.54) is 0 Å². The van der Waals surface area contributed by atoms with Gasteiger partial charge in [0.1, 0.15) is 4.95 Å². The maximum atomic E-state index is 3.95. The van der Waals surface area contributed by atoms with Crippen LogP contribution >= 0.6 is 15.9 Å². The minimum Gasteiger partial charge on any atom is -0.273 e. The summed E-state index contributed by atoms with van der Waals surface area (Å²) in [5.74, 6) is 0. The first-order valence-corrected chi connectivity index (χ1v) is 2.89. The quantitative estimate of drug-likeness (QED) is 0.288. The molecule has 1 aliphatic heterocycles. The molecule has 0 aliphatic carbocycles. The number of nitrogens with zero attached hydrogens (tertiary/aromatic N) is 1. The van der Waals surface area contributed by atoms with Crippen LogP contribution in [0.25, 0.3) is 0 Å². The molecule has 0 saturated carbocycles. The van der Waals surface area contributed by atoms with Crippen molar-refractivity contribution in [2.75, 3.05) is 0 Å². The van der Waals surface area contributed by atoms with Gasteiger partial charge in [0, 0.05) is 6.21 Å². The van der Waals surface area contributed by atoms with Crippen molar-refractivity contribution in [2.24, 2.45) is 4.99 Å². The summed E-state index contributed by atoms with van der Waals surface area (Å²) >= 11 is 3.25. The fourth-order valence-electron chi connectivity index (χ4n) is 0.346. The fraction of sp³-hybridized carbons (Fsp3) is 0.200. The largest absolute Gasteiger partial charge is 0.273 e. The molecule has 1 unspecified atom stereocenters. The number of aliphatic imine (C=N–C) groups is 1. The van der Waals surface area contributed by atoms with Crippen LogP contribution in [0.5, 0.6) is 0 Å². The SMILES string of the molecule is BrC1C=C=CC=N1. The van der Waals surface area contributed by atoms with E-state index < -0.39 is 0 Å². The molecule has 0 amide bonds. The predicted octanol–water partition coefficient (Wildman–Crippen LogP) is 1.50. The van der Waals surface area contributed by atoms with Crippen LogP contribution in [-0.4, -0.2) is 11.2 Å².